The molecule has 0 saturated carbocycles. The maximum Gasteiger partial charge on any atom is 0.341 e. The number of esters is 1. The maximum atomic E-state index is 11.9. The molecular weight excluding hydrogens is 284 g/mol. The molecule has 124 valence electrons. The highest BCUT2D eigenvalue weighted by Crippen LogP contribution is 2.22. The summed E-state index contributed by atoms with van der Waals surface area (Å²) in [5.41, 5.74) is 6.32. The number of carbonyl (C=O) groups is 1. The van der Waals surface area contributed by atoms with E-state index in [-0.39, 0.29) is 24.3 Å². The van der Waals surface area contributed by atoms with Crippen LogP contribution in [-0.4, -0.2) is 42.5 Å². The minimum atomic E-state index is -0.688. The first kappa shape index (κ1) is 18.3. The first-order valence-electron chi connectivity index (χ1n) is 7.35. The van der Waals surface area contributed by atoms with E-state index >= 15 is 0 Å². The second-order valence-corrected chi connectivity index (χ2v) is 6.07. The van der Waals surface area contributed by atoms with E-state index < -0.39 is 12.1 Å². The number of hydrogen-bond donors (Lipinski definition) is 3. The summed E-state index contributed by atoms with van der Waals surface area (Å²) in [5.74, 6) is -0.144. The van der Waals surface area contributed by atoms with Crippen molar-refractivity contribution in [3.8, 4) is 5.75 Å². The predicted molar refractivity (Wildman–Crippen MR) is 86.1 cm³/mol. The molecule has 0 bridgehead atoms. The predicted octanol–water partition coefficient (Wildman–Crippen LogP) is 1.57. The van der Waals surface area contributed by atoms with Crippen LogP contribution in [0.5, 0.6) is 5.75 Å². The Labute approximate surface area is 131 Å². The first-order chi connectivity index (χ1) is 10.2. The molecule has 0 fully saturated rings. The maximum absolute atomic E-state index is 11.9. The molecule has 1 atom stereocenters. The smallest absolute Gasteiger partial charge is 0.341 e. The fourth-order valence-corrected chi connectivity index (χ4v) is 1.71. The molecule has 1 unspecified atom stereocenters. The Morgan fingerprint density at radius 2 is 2.09 bits per heavy atom. The molecule has 1 aromatic rings. The number of anilines is 1. The van der Waals surface area contributed by atoms with Crippen LogP contribution in [0.15, 0.2) is 18.2 Å². The molecule has 6 heteroatoms. The van der Waals surface area contributed by atoms with Gasteiger partial charge >= 0.3 is 5.97 Å². The number of ether oxygens (including phenoxy) is 2. The molecule has 0 spiro atoms. The van der Waals surface area contributed by atoms with E-state index in [1.165, 1.54) is 6.07 Å². The molecule has 1 rings (SSSR count). The van der Waals surface area contributed by atoms with Crippen LogP contribution in [0.2, 0.25) is 0 Å². The van der Waals surface area contributed by atoms with E-state index in [0.29, 0.717) is 18.0 Å². The Morgan fingerprint density at radius 1 is 1.41 bits per heavy atom. The number of rotatable bonds is 7. The Morgan fingerprint density at radius 3 is 2.68 bits per heavy atom. The zero-order valence-electron chi connectivity index (χ0n) is 13.7. The van der Waals surface area contributed by atoms with Gasteiger partial charge in [-0.25, -0.2) is 4.79 Å². The number of carbonyl (C=O) groups excluding carboxylic acids is 1. The van der Waals surface area contributed by atoms with Gasteiger partial charge < -0.3 is 25.6 Å². The Hall–Kier alpha value is -1.79. The molecule has 0 saturated heterocycles. The second-order valence-electron chi connectivity index (χ2n) is 6.07. The van der Waals surface area contributed by atoms with Crippen molar-refractivity contribution in [2.45, 2.75) is 39.3 Å². The van der Waals surface area contributed by atoms with Crippen molar-refractivity contribution in [2.24, 2.45) is 0 Å². The summed E-state index contributed by atoms with van der Waals surface area (Å²) in [5, 5.41) is 13.1. The number of aliphatic hydroxyl groups excluding tert-OH is 1. The fraction of sp³-hybridized carbons (Fsp3) is 0.562. The lowest BCUT2D eigenvalue weighted by Gasteiger charge is -2.23. The number of aliphatic hydroxyl groups is 1. The van der Waals surface area contributed by atoms with E-state index in [2.05, 4.69) is 5.32 Å². The number of nitrogens with one attached hydrogen (secondary N) is 1. The van der Waals surface area contributed by atoms with Gasteiger partial charge in [0, 0.05) is 17.8 Å². The van der Waals surface area contributed by atoms with Crippen molar-refractivity contribution in [3.05, 3.63) is 23.8 Å². The van der Waals surface area contributed by atoms with Gasteiger partial charge in [-0.2, -0.15) is 0 Å². The van der Waals surface area contributed by atoms with Crippen LogP contribution in [0.1, 0.15) is 38.1 Å². The van der Waals surface area contributed by atoms with Crippen molar-refractivity contribution in [1.29, 1.82) is 0 Å². The normalized spacial score (nSPS) is 12.8. The molecule has 0 heterocycles. The average molecular weight is 310 g/mol. The highest BCUT2D eigenvalue weighted by Gasteiger charge is 2.17. The highest BCUT2D eigenvalue weighted by atomic mass is 16.5. The topological polar surface area (TPSA) is 93.8 Å². The quantitative estimate of drug-likeness (QED) is 0.523. The van der Waals surface area contributed by atoms with Crippen LogP contribution >= 0.6 is 0 Å². The highest BCUT2D eigenvalue weighted by molar-refractivity contribution is 5.93. The summed E-state index contributed by atoms with van der Waals surface area (Å²) < 4.78 is 10.5. The molecule has 0 amide bonds. The summed E-state index contributed by atoms with van der Waals surface area (Å²) in [6.45, 7) is 8.50. The number of benzene rings is 1. The number of nitrogen functional groups attached to an aromatic ring is 1. The first-order valence-corrected chi connectivity index (χ1v) is 7.35. The third-order valence-electron chi connectivity index (χ3n) is 2.80. The summed E-state index contributed by atoms with van der Waals surface area (Å²) in [4.78, 5) is 11.9. The molecule has 0 radical (unpaired) electrons. The number of nitrogens with two attached hydrogens (primary N) is 1. The molecule has 6 nitrogen and oxygen atoms in total. The summed E-state index contributed by atoms with van der Waals surface area (Å²) in [7, 11) is 0. The van der Waals surface area contributed by atoms with E-state index in [1.54, 1.807) is 19.1 Å². The molecule has 0 aromatic heterocycles. The van der Waals surface area contributed by atoms with Gasteiger partial charge in [0.1, 0.15) is 24.0 Å². The lowest BCUT2D eigenvalue weighted by Crippen LogP contribution is -2.42. The molecule has 4 N–H and O–H groups in total. The average Bonchev–Trinajstić information content (AvgIpc) is 2.43. The van der Waals surface area contributed by atoms with E-state index in [0.717, 1.165) is 0 Å². The van der Waals surface area contributed by atoms with Crippen LogP contribution in [0.25, 0.3) is 0 Å². The third-order valence-corrected chi connectivity index (χ3v) is 2.80. The number of β-amino-alcohol motifs (C(OH)–C–C–N with tert-alkyl or cyclic N) is 1. The fourth-order valence-electron chi connectivity index (χ4n) is 1.71. The zero-order chi connectivity index (χ0) is 16.8. The summed E-state index contributed by atoms with van der Waals surface area (Å²) in [6, 6.07) is 4.75. The van der Waals surface area contributed by atoms with Gasteiger partial charge in [-0.05, 0) is 45.9 Å². The van der Waals surface area contributed by atoms with E-state index in [9.17, 15) is 9.90 Å². The Bertz CT molecular complexity index is 497. The third kappa shape index (κ3) is 6.32. The zero-order valence-corrected chi connectivity index (χ0v) is 13.7. The van der Waals surface area contributed by atoms with Gasteiger partial charge in [-0.15, -0.1) is 0 Å². The van der Waals surface area contributed by atoms with Gasteiger partial charge in [0.15, 0.2) is 0 Å². The monoisotopic (exact) mass is 310 g/mol. The van der Waals surface area contributed by atoms with Crippen molar-refractivity contribution in [2.75, 3.05) is 25.5 Å². The number of hydrogen-bond acceptors (Lipinski definition) is 6. The van der Waals surface area contributed by atoms with Crippen LogP contribution < -0.4 is 15.8 Å². The minimum absolute atomic E-state index is 0.0689. The van der Waals surface area contributed by atoms with Crippen LogP contribution in [-0.2, 0) is 4.74 Å². The van der Waals surface area contributed by atoms with Gasteiger partial charge in [-0.3, -0.25) is 0 Å². The largest absolute Gasteiger partial charge is 0.490 e. The van der Waals surface area contributed by atoms with Crippen molar-refractivity contribution < 1.29 is 19.4 Å². The van der Waals surface area contributed by atoms with Gasteiger partial charge in [0.25, 0.3) is 0 Å². The Kier molecular flexibility index (Phi) is 6.64. The summed E-state index contributed by atoms with van der Waals surface area (Å²) in [6.07, 6.45) is -0.688. The molecule has 1 aromatic carbocycles. The SMILES string of the molecule is CCOC(=O)c1cc(N)ccc1OCC(O)CNC(C)(C)C. The van der Waals surface area contributed by atoms with Crippen molar-refractivity contribution >= 4 is 11.7 Å². The van der Waals surface area contributed by atoms with Gasteiger partial charge in [-0.1, -0.05) is 0 Å². The van der Waals surface area contributed by atoms with E-state index in [4.69, 9.17) is 15.2 Å². The second kappa shape index (κ2) is 8.00. The van der Waals surface area contributed by atoms with Crippen molar-refractivity contribution in [3.63, 3.8) is 0 Å². The van der Waals surface area contributed by atoms with Crippen molar-refractivity contribution in [1.82, 2.24) is 5.32 Å². The molecule has 0 aliphatic heterocycles. The Balaban J connectivity index is 2.67. The van der Waals surface area contributed by atoms with E-state index in [1.807, 2.05) is 20.8 Å². The molecule has 0 aliphatic carbocycles. The molecule has 22 heavy (non-hydrogen) atoms. The lowest BCUT2D eigenvalue weighted by atomic mass is 10.1. The van der Waals surface area contributed by atoms with Crippen LogP contribution in [0, 0.1) is 0 Å². The molecule has 0 aliphatic rings. The minimum Gasteiger partial charge on any atom is -0.490 e. The van der Waals surface area contributed by atoms with Crippen LogP contribution in [0.3, 0.4) is 0 Å². The van der Waals surface area contributed by atoms with Gasteiger partial charge in [0.05, 0.1) is 6.61 Å². The standard InChI is InChI=1S/C16H26N2O4/c1-5-21-15(20)13-8-11(17)6-7-14(13)22-10-12(19)9-18-16(2,3)4/h6-8,12,18-19H,5,9-10,17H2,1-4H3. The lowest BCUT2D eigenvalue weighted by molar-refractivity contribution is 0.0515. The molecular formula is C16H26N2O4. The summed E-state index contributed by atoms with van der Waals surface area (Å²) >= 11 is 0. The van der Waals surface area contributed by atoms with Gasteiger partial charge in [0.2, 0.25) is 0 Å². The van der Waals surface area contributed by atoms with Crippen LogP contribution in [0.4, 0.5) is 5.69 Å².